The molecular weight excluding hydrogens is 208 g/mol. The van der Waals surface area contributed by atoms with Gasteiger partial charge in [0.25, 0.3) is 0 Å². The van der Waals surface area contributed by atoms with Gasteiger partial charge in [0.2, 0.25) is 0 Å². The monoisotopic (exact) mass is 224 g/mol. The first-order valence-electron chi connectivity index (χ1n) is 4.91. The van der Waals surface area contributed by atoms with Crippen LogP contribution in [-0.2, 0) is 4.74 Å². The van der Waals surface area contributed by atoms with Crippen molar-refractivity contribution in [3.8, 4) is 5.75 Å². The molecule has 1 aromatic carbocycles. The van der Waals surface area contributed by atoms with Gasteiger partial charge in [0.15, 0.2) is 5.84 Å². The van der Waals surface area contributed by atoms with E-state index >= 15 is 0 Å². The van der Waals surface area contributed by atoms with Crippen molar-refractivity contribution in [1.29, 1.82) is 0 Å². The molecule has 0 aliphatic rings. The molecule has 0 aromatic heterocycles. The van der Waals surface area contributed by atoms with Crippen molar-refractivity contribution in [3.05, 3.63) is 29.8 Å². The fraction of sp³-hybridized carbons (Fsp3) is 0.364. The molecule has 0 bridgehead atoms. The minimum atomic E-state index is 0.0451. The van der Waals surface area contributed by atoms with Gasteiger partial charge in [-0.15, -0.1) is 0 Å². The zero-order chi connectivity index (χ0) is 12.0. The summed E-state index contributed by atoms with van der Waals surface area (Å²) in [6.45, 7) is 2.41. The summed E-state index contributed by atoms with van der Waals surface area (Å²) in [7, 11) is 1.63. The molecule has 3 N–H and O–H groups in total. The Hall–Kier alpha value is -1.75. The fourth-order valence-electron chi connectivity index (χ4n) is 1.06. The van der Waals surface area contributed by atoms with Crippen LogP contribution in [0.1, 0.15) is 12.5 Å². The van der Waals surface area contributed by atoms with Crippen LogP contribution in [0.15, 0.2) is 29.4 Å². The van der Waals surface area contributed by atoms with Crippen LogP contribution < -0.4 is 10.5 Å². The molecule has 5 heteroatoms. The van der Waals surface area contributed by atoms with Crippen LogP contribution in [0, 0.1) is 0 Å². The van der Waals surface area contributed by atoms with Gasteiger partial charge in [-0.05, 0) is 31.2 Å². The Morgan fingerprint density at radius 2 is 2.06 bits per heavy atom. The van der Waals surface area contributed by atoms with Gasteiger partial charge in [-0.25, -0.2) is 0 Å². The molecule has 16 heavy (non-hydrogen) atoms. The molecule has 0 fully saturated rings. The third-order valence-corrected chi connectivity index (χ3v) is 2.14. The van der Waals surface area contributed by atoms with Gasteiger partial charge in [0, 0.05) is 12.7 Å². The maximum Gasteiger partial charge on any atom is 0.170 e. The number of hydrogen-bond donors (Lipinski definition) is 2. The highest BCUT2D eigenvalue weighted by Crippen LogP contribution is 2.12. The molecule has 0 saturated heterocycles. The summed E-state index contributed by atoms with van der Waals surface area (Å²) in [6, 6.07) is 6.97. The van der Waals surface area contributed by atoms with Gasteiger partial charge >= 0.3 is 0 Å². The third kappa shape index (κ3) is 3.43. The van der Waals surface area contributed by atoms with Crippen LogP contribution >= 0.6 is 0 Å². The van der Waals surface area contributed by atoms with Crippen LogP contribution in [0.4, 0.5) is 0 Å². The predicted octanol–water partition coefficient (Wildman–Crippen LogP) is 1.19. The standard InChI is InChI=1S/C11H16N2O3/c1-8(15-2)7-16-10-5-3-9(4-6-10)11(12)13-14/h3-6,8,14H,7H2,1-2H3,(H2,12,13). The summed E-state index contributed by atoms with van der Waals surface area (Å²) in [5, 5.41) is 11.4. The summed E-state index contributed by atoms with van der Waals surface area (Å²) in [4.78, 5) is 0. The van der Waals surface area contributed by atoms with Crippen molar-refractivity contribution in [2.75, 3.05) is 13.7 Å². The maximum atomic E-state index is 8.48. The van der Waals surface area contributed by atoms with E-state index in [0.717, 1.165) is 5.75 Å². The lowest BCUT2D eigenvalue weighted by Gasteiger charge is -2.11. The van der Waals surface area contributed by atoms with Crippen molar-refractivity contribution >= 4 is 5.84 Å². The van der Waals surface area contributed by atoms with Crippen molar-refractivity contribution in [2.24, 2.45) is 10.9 Å². The number of methoxy groups -OCH3 is 1. The van der Waals surface area contributed by atoms with E-state index in [1.165, 1.54) is 0 Å². The average Bonchev–Trinajstić information content (AvgIpc) is 2.35. The minimum absolute atomic E-state index is 0.0451. The van der Waals surface area contributed by atoms with Gasteiger partial charge in [0.1, 0.15) is 12.4 Å². The molecule has 0 amide bonds. The van der Waals surface area contributed by atoms with E-state index in [0.29, 0.717) is 12.2 Å². The summed E-state index contributed by atoms with van der Waals surface area (Å²) >= 11 is 0. The van der Waals surface area contributed by atoms with Crippen LogP contribution in [0.5, 0.6) is 5.75 Å². The number of ether oxygens (including phenoxy) is 2. The zero-order valence-electron chi connectivity index (χ0n) is 9.38. The van der Waals surface area contributed by atoms with Gasteiger partial charge < -0.3 is 20.4 Å². The molecule has 0 aliphatic heterocycles. The van der Waals surface area contributed by atoms with E-state index in [1.54, 1.807) is 31.4 Å². The lowest BCUT2D eigenvalue weighted by atomic mass is 10.2. The quantitative estimate of drug-likeness (QED) is 0.341. The SMILES string of the molecule is COC(C)COc1ccc(/C(N)=N/O)cc1. The zero-order valence-corrected chi connectivity index (χ0v) is 9.38. The number of oxime groups is 1. The Kier molecular flexibility index (Phi) is 4.60. The summed E-state index contributed by atoms with van der Waals surface area (Å²) in [5.74, 6) is 0.801. The van der Waals surface area contributed by atoms with Crippen LogP contribution in [-0.4, -0.2) is 30.9 Å². The number of nitrogens with zero attached hydrogens (tertiary/aromatic N) is 1. The van der Waals surface area contributed by atoms with E-state index in [4.69, 9.17) is 20.4 Å². The average molecular weight is 224 g/mol. The first-order valence-corrected chi connectivity index (χ1v) is 4.91. The minimum Gasteiger partial charge on any atom is -0.491 e. The predicted molar refractivity (Wildman–Crippen MR) is 60.9 cm³/mol. The number of nitrogens with two attached hydrogens (primary N) is 1. The molecule has 0 heterocycles. The Bertz CT molecular complexity index is 349. The number of amidine groups is 1. The first kappa shape index (κ1) is 12.3. The van der Waals surface area contributed by atoms with E-state index in [1.807, 2.05) is 6.92 Å². The Morgan fingerprint density at radius 3 is 2.56 bits per heavy atom. The second-order valence-corrected chi connectivity index (χ2v) is 3.37. The molecule has 1 atom stereocenters. The molecular formula is C11H16N2O3. The molecule has 1 unspecified atom stereocenters. The van der Waals surface area contributed by atoms with E-state index < -0.39 is 0 Å². The van der Waals surface area contributed by atoms with Gasteiger partial charge in [-0.2, -0.15) is 0 Å². The van der Waals surface area contributed by atoms with Crippen LogP contribution in [0.25, 0.3) is 0 Å². The van der Waals surface area contributed by atoms with Crippen molar-refractivity contribution in [3.63, 3.8) is 0 Å². The number of hydrogen-bond acceptors (Lipinski definition) is 4. The topological polar surface area (TPSA) is 77.1 Å². The number of benzene rings is 1. The highest BCUT2D eigenvalue weighted by atomic mass is 16.5. The van der Waals surface area contributed by atoms with E-state index in [9.17, 15) is 0 Å². The normalized spacial score (nSPS) is 13.5. The molecule has 88 valence electrons. The van der Waals surface area contributed by atoms with Gasteiger partial charge in [-0.1, -0.05) is 5.16 Å². The Balaban J connectivity index is 2.58. The Labute approximate surface area is 94.5 Å². The van der Waals surface area contributed by atoms with Crippen molar-refractivity contribution < 1.29 is 14.7 Å². The maximum absolute atomic E-state index is 8.48. The Morgan fingerprint density at radius 1 is 1.44 bits per heavy atom. The highest BCUT2D eigenvalue weighted by molar-refractivity contribution is 5.97. The lowest BCUT2D eigenvalue weighted by Crippen LogP contribution is -2.16. The molecule has 1 aromatic rings. The van der Waals surface area contributed by atoms with Crippen molar-refractivity contribution in [2.45, 2.75) is 13.0 Å². The first-order chi connectivity index (χ1) is 7.67. The van der Waals surface area contributed by atoms with E-state index in [2.05, 4.69) is 5.16 Å². The highest BCUT2D eigenvalue weighted by Gasteiger charge is 2.02. The molecule has 0 aliphatic carbocycles. The molecule has 0 radical (unpaired) electrons. The molecule has 0 spiro atoms. The van der Waals surface area contributed by atoms with Crippen LogP contribution in [0.3, 0.4) is 0 Å². The molecule has 0 saturated carbocycles. The molecule has 1 rings (SSSR count). The van der Waals surface area contributed by atoms with E-state index in [-0.39, 0.29) is 11.9 Å². The summed E-state index contributed by atoms with van der Waals surface area (Å²) in [5.41, 5.74) is 6.08. The van der Waals surface area contributed by atoms with Gasteiger partial charge in [-0.3, -0.25) is 0 Å². The second kappa shape index (κ2) is 5.97. The fourth-order valence-corrected chi connectivity index (χ4v) is 1.06. The second-order valence-electron chi connectivity index (χ2n) is 3.37. The smallest absolute Gasteiger partial charge is 0.170 e. The van der Waals surface area contributed by atoms with Crippen LogP contribution in [0.2, 0.25) is 0 Å². The lowest BCUT2D eigenvalue weighted by molar-refractivity contribution is 0.0717. The molecule has 5 nitrogen and oxygen atoms in total. The van der Waals surface area contributed by atoms with Crippen molar-refractivity contribution in [1.82, 2.24) is 0 Å². The van der Waals surface area contributed by atoms with Gasteiger partial charge in [0.05, 0.1) is 6.10 Å². The summed E-state index contributed by atoms with van der Waals surface area (Å²) < 4.78 is 10.5. The third-order valence-electron chi connectivity index (χ3n) is 2.14. The largest absolute Gasteiger partial charge is 0.491 e. The number of rotatable bonds is 5. The summed E-state index contributed by atoms with van der Waals surface area (Å²) in [6.07, 6.45) is 0.0451.